The lowest BCUT2D eigenvalue weighted by Crippen LogP contribution is -2.08. The van der Waals surface area contributed by atoms with E-state index in [2.05, 4.69) is 21.9 Å². The Morgan fingerprint density at radius 1 is 1.19 bits per heavy atom. The number of halogens is 1. The molecule has 26 heavy (non-hydrogen) atoms. The average molecular weight is 353 g/mol. The number of nitrogens with zero attached hydrogens (tertiary/aromatic N) is 3. The van der Waals surface area contributed by atoms with E-state index in [4.69, 9.17) is 9.47 Å². The molecule has 0 aromatic carbocycles. The van der Waals surface area contributed by atoms with Gasteiger partial charge in [0.05, 0.1) is 19.5 Å². The minimum Gasteiger partial charge on any atom is -0.500 e. The number of ether oxygens (including phenoxy) is 2. The van der Waals surface area contributed by atoms with Gasteiger partial charge in [-0.15, -0.1) is 0 Å². The number of alkyl halides is 1. The molecule has 0 N–H and O–H groups in total. The molecule has 0 radical (unpaired) electrons. The van der Waals surface area contributed by atoms with Gasteiger partial charge in [0.2, 0.25) is 5.88 Å². The second-order valence-electron chi connectivity index (χ2n) is 6.88. The molecule has 1 saturated carbocycles. The highest BCUT2D eigenvalue weighted by atomic mass is 19.1. The molecule has 134 valence electrons. The maximum Gasteiger partial charge on any atom is 0.227 e. The molecule has 0 saturated heterocycles. The van der Waals surface area contributed by atoms with Crippen molar-refractivity contribution in [2.45, 2.75) is 37.8 Å². The van der Waals surface area contributed by atoms with Crippen molar-refractivity contribution in [3.63, 3.8) is 0 Å². The largest absolute Gasteiger partial charge is 0.500 e. The Morgan fingerprint density at radius 2 is 1.96 bits per heavy atom. The van der Waals surface area contributed by atoms with Gasteiger partial charge in [0.25, 0.3) is 0 Å². The van der Waals surface area contributed by atoms with Crippen LogP contribution in [0.1, 0.15) is 37.6 Å². The third-order valence-electron chi connectivity index (χ3n) is 4.84. The Bertz CT molecular complexity index is 873. The summed E-state index contributed by atoms with van der Waals surface area (Å²) in [4.78, 5) is 13.2. The van der Waals surface area contributed by atoms with Crippen molar-refractivity contribution in [3.05, 3.63) is 60.0 Å². The van der Waals surface area contributed by atoms with Gasteiger partial charge >= 0.3 is 0 Å². The minimum absolute atomic E-state index is 0.114. The molecule has 2 aromatic heterocycles. The lowest BCUT2D eigenvalue weighted by atomic mass is 9.98. The van der Waals surface area contributed by atoms with Gasteiger partial charge in [-0.25, -0.2) is 19.3 Å². The second-order valence-corrected chi connectivity index (χ2v) is 6.88. The maximum absolute atomic E-state index is 13.6. The number of methoxy groups -OCH3 is 1. The van der Waals surface area contributed by atoms with Crippen LogP contribution in [0.4, 0.5) is 4.39 Å². The molecule has 2 aromatic rings. The average Bonchev–Trinajstić information content (AvgIpc) is 3.41. The van der Waals surface area contributed by atoms with Crippen LogP contribution in [-0.2, 0) is 10.2 Å². The van der Waals surface area contributed by atoms with Crippen LogP contribution >= 0.6 is 0 Å². The molecule has 1 fully saturated rings. The molecule has 1 unspecified atom stereocenters. The zero-order valence-electron chi connectivity index (χ0n) is 14.8. The Hall–Kier alpha value is -2.76. The van der Waals surface area contributed by atoms with E-state index in [-0.39, 0.29) is 11.8 Å². The van der Waals surface area contributed by atoms with E-state index in [9.17, 15) is 4.39 Å². The third-order valence-corrected chi connectivity index (χ3v) is 4.84. The van der Waals surface area contributed by atoms with Crippen LogP contribution in [0.15, 0.2) is 48.6 Å². The van der Waals surface area contributed by atoms with Crippen molar-refractivity contribution in [1.82, 2.24) is 15.0 Å². The topological polar surface area (TPSA) is 57.1 Å². The maximum atomic E-state index is 13.6. The van der Waals surface area contributed by atoms with Gasteiger partial charge in [-0.05, 0) is 31.1 Å². The third kappa shape index (κ3) is 3.19. The Morgan fingerprint density at radius 3 is 2.65 bits per heavy atom. The molecule has 6 heteroatoms. The number of pyridine rings is 1. The number of hydrogen-bond donors (Lipinski definition) is 0. The molecule has 2 aliphatic carbocycles. The molecule has 1 atom stereocenters. The highest BCUT2D eigenvalue weighted by Gasteiger charge is 2.41. The van der Waals surface area contributed by atoms with Crippen LogP contribution in [0.25, 0.3) is 5.57 Å². The quantitative estimate of drug-likeness (QED) is 0.799. The summed E-state index contributed by atoms with van der Waals surface area (Å²) in [6, 6.07) is 3.69. The van der Waals surface area contributed by atoms with Crippen molar-refractivity contribution >= 4 is 5.57 Å². The minimum atomic E-state index is -1.04. The summed E-state index contributed by atoms with van der Waals surface area (Å²) in [7, 11) is 1.54. The summed E-state index contributed by atoms with van der Waals surface area (Å²) in [6.45, 7) is 2.16. The Labute approximate surface area is 151 Å². The van der Waals surface area contributed by atoms with Crippen LogP contribution in [0.3, 0.4) is 0 Å². The van der Waals surface area contributed by atoms with Crippen LogP contribution in [0.5, 0.6) is 11.6 Å². The predicted octanol–water partition coefficient (Wildman–Crippen LogP) is 4.37. The highest BCUT2D eigenvalue weighted by molar-refractivity contribution is 5.79. The first kappa shape index (κ1) is 16.7. The van der Waals surface area contributed by atoms with Crippen LogP contribution < -0.4 is 4.74 Å². The number of allylic oxidation sites excluding steroid dienone is 4. The summed E-state index contributed by atoms with van der Waals surface area (Å²) in [6.07, 6.45) is 9.62. The highest BCUT2D eigenvalue weighted by Crippen LogP contribution is 2.45. The molecular weight excluding hydrogens is 333 g/mol. The van der Waals surface area contributed by atoms with E-state index in [0.717, 1.165) is 29.8 Å². The zero-order chi connectivity index (χ0) is 18.1. The first-order chi connectivity index (χ1) is 12.6. The van der Waals surface area contributed by atoms with Gasteiger partial charge in [-0.2, -0.15) is 0 Å². The predicted molar refractivity (Wildman–Crippen MR) is 95.5 cm³/mol. The molecule has 5 nitrogen and oxygen atoms in total. The van der Waals surface area contributed by atoms with Gasteiger partial charge < -0.3 is 9.47 Å². The summed E-state index contributed by atoms with van der Waals surface area (Å²) < 4.78 is 24.9. The summed E-state index contributed by atoms with van der Waals surface area (Å²) in [5.74, 6) is 2.35. The molecule has 2 heterocycles. The lowest BCUT2D eigenvalue weighted by Gasteiger charge is -2.18. The summed E-state index contributed by atoms with van der Waals surface area (Å²) in [5.41, 5.74) is 1.63. The van der Waals surface area contributed by atoms with Crippen LogP contribution in [-0.4, -0.2) is 28.2 Å². The van der Waals surface area contributed by atoms with Crippen molar-refractivity contribution in [1.29, 1.82) is 0 Å². The van der Waals surface area contributed by atoms with Crippen LogP contribution in [0, 0.1) is 0 Å². The van der Waals surface area contributed by atoms with E-state index >= 15 is 0 Å². The van der Waals surface area contributed by atoms with Crippen molar-refractivity contribution in [2.75, 3.05) is 7.11 Å². The first-order valence-corrected chi connectivity index (χ1v) is 8.64. The number of hydrogen-bond acceptors (Lipinski definition) is 5. The molecule has 0 spiro atoms. The smallest absolute Gasteiger partial charge is 0.227 e. The van der Waals surface area contributed by atoms with E-state index in [1.54, 1.807) is 31.8 Å². The zero-order valence-corrected chi connectivity index (χ0v) is 14.8. The molecular formula is C20H20FN3O2. The SMILES string of the molecule is COC1=C(c2cccnc2Oc2cnc(C3(C)CC3)nc2)C=CC(F)C1. The number of aromatic nitrogens is 3. The fraction of sp³-hybridized carbons (Fsp3) is 0.350. The fourth-order valence-electron chi connectivity index (χ4n) is 2.96. The van der Waals surface area contributed by atoms with Crippen molar-refractivity contribution < 1.29 is 13.9 Å². The summed E-state index contributed by atoms with van der Waals surface area (Å²) in [5, 5.41) is 0. The Kier molecular flexibility index (Phi) is 4.18. The van der Waals surface area contributed by atoms with Gasteiger partial charge in [-0.1, -0.05) is 13.0 Å². The summed E-state index contributed by atoms with van der Waals surface area (Å²) >= 11 is 0. The second kappa shape index (κ2) is 6.52. The van der Waals surface area contributed by atoms with Gasteiger partial charge in [0, 0.05) is 29.2 Å². The van der Waals surface area contributed by atoms with Gasteiger partial charge in [0.1, 0.15) is 17.8 Å². The molecule has 0 amide bonds. The normalized spacial score (nSPS) is 20.8. The molecule has 4 rings (SSSR count). The van der Waals surface area contributed by atoms with Crippen molar-refractivity contribution in [2.24, 2.45) is 0 Å². The van der Waals surface area contributed by atoms with E-state index < -0.39 is 6.17 Å². The molecule has 0 bridgehead atoms. The van der Waals surface area contributed by atoms with Gasteiger partial charge in [-0.3, -0.25) is 0 Å². The van der Waals surface area contributed by atoms with Crippen LogP contribution in [0.2, 0.25) is 0 Å². The van der Waals surface area contributed by atoms with Gasteiger partial charge in [0.15, 0.2) is 5.75 Å². The first-order valence-electron chi connectivity index (χ1n) is 8.64. The lowest BCUT2D eigenvalue weighted by molar-refractivity contribution is 0.250. The molecule has 0 aliphatic heterocycles. The van der Waals surface area contributed by atoms with E-state index in [1.165, 1.54) is 6.08 Å². The fourth-order valence-corrected chi connectivity index (χ4v) is 2.96. The molecule has 2 aliphatic rings. The number of rotatable bonds is 5. The van der Waals surface area contributed by atoms with Crippen molar-refractivity contribution in [3.8, 4) is 11.6 Å². The van der Waals surface area contributed by atoms with E-state index in [1.807, 2.05) is 12.1 Å². The standard InChI is InChI=1S/C20H20FN3O2/c1-20(7-8-20)19-23-11-14(12-24-19)26-18-16(4-3-9-22-18)15-6-5-13(21)10-17(15)25-2/h3-6,9,11-13H,7-8,10H2,1-2H3. The Balaban J connectivity index is 1.63. The monoisotopic (exact) mass is 353 g/mol. The van der Waals surface area contributed by atoms with E-state index in [0.29, 0.717) is 17.4 Å².